The van der Waals surface area contributed by atoms with Gasteiger partial charge in [-0.15, -0.1) is 0 Å². The Hall–Kier alpha value is -1.65. The number of aryl methyl sites for hydroxylation is 1. The molecule has 2 unspecified atom stereocenters. The highest BCUT2D eigenvalue weighted by molar-refractivity contribution is 5.27. The van der Waals surface area contributed by atoms with Gasteiger partial charge in [-0.05, 0) is 23.5 Å². The third-order valence-electron chi connectivity index (χ3n) is 4.31. The number of hydrogen-bond donors (Lipinski definition) is 2. The zero-order valence-electron chi connectivity index (χ0n) is 12.7. The lowest BCUT2D eigenvalue weighted by Gasteiger charge is -2.21. The first-order valence-corrected chi connectivity index (χ1v) is 7.67. The van der Waals surface area contributed by atoms with Crippen molar-refractivity contribution in [1.29, 1.82) is 0 Å². The van der Waals surface area contributed by atoms with Crippen LogP contribution in [-0.4, -0.2) is 21.3 Å². The Kier molecular flexibility index (Phi) is 4.08. The predicted octanol–water partition coefficient (Wildman–Crippen LogP) is 2.77. The van der Waals surface area contributed by atoms with E-state index in [1.807, 2.05) is 12.4 Å². The Bertz CT molecular complexity index is 588. The molecule has 0 aliphatic carbocycles. The Balaban J connectivity index is 1.74. The number of aromatic nitrogens is 2. The number of imidazole rings is 1. The van der Waals surface area contributed by atoms with Crippen LogP contribution in [0.25, 0.3) is 0 Å². The molecule has 21 heavy (non-hydrogen) atoms. The topological polar surface area (TPSA) is 50.1 Å². The first-order valence-electron chi connectivity index (χ1n) is 7.67. The van der Waals surface area contributed by atoms with Crippen LogP contribution in [0.5, 0.6) is 0 Å². The molecule has 4 heteroatoms. The molecule has 0 amide bonds. The van der Waals surface area contributed by atoms with Gasteiger partial charge in [-0.25, -0.2) is 4.98 Å². The van der Waals surface area contributed by atoms with Crippen LogP contribution in [0.4, 0.5) is 0 Å². The van der Waals surface area contributed by atoms with Crippen LogP contribution in [0.15, 0.2) is 36.7 Å². The summed E-state index contributed by atoms with van der Waals surface area (Å²) in [4.78, 5) is 4.42. The molecule has 2 heterocycles. The molecule has 0 fully saturated rings. The summed E-state index contributed by atoms with van der Waals surface area (Å²) < 4.78 is 2.17. The van der Waals surface area contributed by atoms with E-state index in [0.29, 0.717) is 5.92 Å². The maximum Gasteiger partial charge on any atom is 0.125 e. The second-order valence-electron chi connectivity index (χ2n) is 6.04. The Morgan fingerprint density at radius 2 is 2.00 bits per heavy atom. The number of nitrogens with one attached hydrogen (secondary N) is 1. The molecule has 1 aliphatic heterocycles. The summed E-state index contributed by atoms with van der Waals surface area (Å²) in [7, 11) is 0. The number of hydrogen-bond acceptors (Lipinski definition) is 3. The van der Waals surface area contributed by atoms with Crippen molar-refractivity contribution in [2.75, 3.05) is 6.61 Å². The normalized spacial score (nSPS) is 19.0. The zero-order valence-corrected chi connectivity index (χ0v) is 12.7. The maximum atomic E-state index is 9.73. The Morgan fingerprint density at radius 1 is 1.29 bits per heavy atom. The van der Waals surface area contributed by atoms with E-state index in [2.05, 4.69) is 53.0 Å². The van der Waals surface area contributed by atoms with E-state index >= 15 is 0 Å². The number of benzene rings is 1. The van der Waals surface area contributed by atoms with E-state index in [0.717, 1.165) is 24.4 Å². The molecule has 3 rings (SSSR count). The van der Waals surface area contributed by atoms with Crippen molar-refractivity contribution in [3.05, 3.63) is 53.6 Å². The molecule has 2 aromatic rings. The number of aliphatic hydroxyl groups is 1. The summed E-state index contributed by atoms with van der Waals surface area (Å²) in [6, 6.07) is 8.72. The van der Waals surface area contributed by atoms with E-state index in [-0.39, 0.29) is 18.7 Å². The molecule has 1 aromatic heterocycles. The molecule has 2 N–H and O–H groups in total. The summed E-state index contributed by atoms with van der Waals surface area (Å²) in [5.74, 6) is 1.61. The predicted molar refractivity (Wildman–Crippen MR) is 83.1 cm³/mol. The largest absolute Gasteiger partial charge is 0.394 e. The van der Waals surface area contributed by atoms with Gasteiger partial charge in [0, 0.05) is 18.9 Å². The highest BCUT2D eigenvalue weighted by atomic mass is 16.3. The minimum Gasteiger partial charge on any atom is -0.394 e. The van der Waals surface area contributed by atoms with E-state index < -0.39 is 0 Å². The standard InChI is InChI=1S/C17H23N3O/c1-12(2)13-3-5-14(6-4-13)16(11-21)19-15-7-9-20-10-8-18-17(15)20/h3-6,8,10,12,15-16,19,21H,7,9,11H2,1-2H3. The van der Waals surface area contributed by atoms with Crippen molar-refractivity contribution >= 4 is 0 Å². The van der Waals surface area contributed by atoms with Gasteiger partial charge in [0.05, 0.1) is 18.7 Å². The van der Waals surface area contributed by atoms with Crippen LogP contribution in [0.1, 0.15) is 55.2 Å². The molecule has 0 bridgehead atoms. The summed E-state index contributed by atoms with van der Waals surface area (Å²) >= 11 is 0. The molecule has 4 nitrogen and oxygen atoms in total. The van der Waals surface area contributed by atoms with Crippen molar-refractivity contribution in [3.8, 4) is 0 Å². The monoisotopic (exact) mass is 285 g/mol. The molecule has 112 valence electrons. The van der Waals surface area contributed by atoms with E-state index in [9.17, 15) is 5.11 Å². The van der Waals surface area contributed by atoms with Crippen molar-refractivity contribution in [2.24, 2.45) is 0 Å². The quantitative estimate of drug-likeness (QED) is 0.888. The van der Waals surface area contributed by atoms with Crippen LogP contribution in [0, 0.1) is 0 Å². The average molecular weight is 285 g/mol. The van der Waals surface area contributed by atoms with Gasteiger partial charge in [0.1, 0.15) is 5.82 Å². The van der Waals surface area contributed by atoms with Crippen molar-refractivity contribution in [1.82, 2.24) is 14.9 Å². The molecular formula is C17H23N3O. The van der Waals surface area contributed by atoms with Gasteiger partial charge >= 0.3 is 0 Å². The molecule has 0 radical (unpaired) electrons. The zero-order chi connectivity index (χ0) is 14.8. The molecule has 0 saturated heterocycles. The van der Waals surface area contributed by atoms with Crippen LogP contribution in [-0.2, 0) is 6.54 Å². The van der Waals surface area contributed by atoms with Gasteiger partial charge in [0.15, 0.2) is 0 Å². The fraction of sp³-hybridized carbons (Fsp3) is 0.471. The number of nitrogens with zero attached hydrogens (tertiary/aromatic N) is 2. The highest BCUT2D eigenvalue weighted by Gasteiger charge is 2.26. The van der Waals surface area contributed by atoms with E-state index in [1.54, 1.807) is 0 Å². The Labute approximate surface area is 125 Å². The van der Waals surface area contributed by atoms with Gasteiger partial charge in [-0.2, -0.15) is 0 Å². The van der Waals surface area contributed by atoms with E-state index in [1.165, 1.54) is 5.56 Å². The van der Waals surface area contributed by atoms with Crippen LogP contribution in [0.2, 0.25) is 0 Å². The first kappa shape index (κ1) is 14.3. The van der Waals surface area contributed by atoms with Crippen LogP contribution < -0.4 is 5.32 Å². The molecule has 2 atom stereocenters. The fourth-order valence-corrected chi connectivity index (χ4v) is 2.99. The van der Waals surface area contributed by atoms with Gasteiger partial charge in [0.2, 0.25) is 0 Å². The van der Waals surface area contributed by atoms with Gasteiger partial charge in [0.25, 0.3) is 0 Å². The summed E-state index contributed by atoms with van der Waals surface area (Å²) in [6.07, 6.45) is 4.89. The third kappa shape index (κ3) is 2.87. The summed E-state index contributed by atoms with van der Waals surface area (Å²) in [5.41, 5.74) is 2.46. The van der Waals surface area contributed by atoms with Crippen molar-refractivity contribution in [2.45, 2.75) is 44.8 Å². The third-order valence-corrected chi connectivity index (χ3v) is 4.31. The fourth-order valence-electron chi connectivity index (χ4n) is 2.99. The average Bonchev–Trinajstić information content (AvgIpc) is 3.09. The SMILES string of the molecule is CC(C)c1ccc(C(CO)NC2CCn3ccnc32)cc1. The first-order chi connectivity index (χ1) is 10.2. The maximum absolute atomic E-state index is 9.73. The molecule has 0 spiro atoms. The Morgan fingerprint density at radius 3 is 2.67 bits per heavy atom. The second kappa shape index (κ2) is 6.00. The van der Waals surface area contributed by atoms with Gasteiger partial charge < -0.3 is 9.67 Å². The molecule has 1 aliphatic rings. The van der Waals surface area contributed by atoms with Crippen molar-refractivity contribution in [3.63, 3.8) is 0 Å². The lowest BCUT2D eigenvalue weighted by Crippen LogP contribution is -2.28. The smallest absolute Gasteiger partial charge is 0.125 e. The highest BCUT2D eigenvalue weighted by Crippen LogP contribution is 2.27. The minimum absolute atomic E-state index is 0.0422. The minimum atomic E-state index is -0.0422. The van der Waals surface area contributed by atoms with Gasteiger partial charge in [-0.1, -0.05) is 38.1 Å². The van der Waals surface area contributed by atoms with Crippen LogP contribution in [0.3, 0.4) is 0 Å². The number of fused-ring (bicyclic) bond motifs is 1. The molecule has 0 saturated carbocycles. The van der Waals surface area contributed by atoms with Crippen LogP contribution >= 0.6 is 0 Å². The molecular weight excluding hydrogens is 262 g/mol. The summed E-state index contributed by atoms with van der Waals surface area (Å²) in [5, 5.41) is 13.3. The van der Waals surface area contributed by atoms with Crippen molar-refractivity contribution < 1.29 is 5.11 Å². The second-order valence-corrected chi connectivity index (χ2v) is 6.04. The number of rotatable bonds is 5. The summed E-state index contributed by atoms with van der Waals surface area (Å²) in [6.45, 7) is 5.47. The van der Waals surface area contributed by atoms with Gasteiger partial charge in [-0.3, -0.25) is 5.32 Å². The molecule has 1 aromatic carbocycles. The van der Waals surface area contributed by atoms with E-state index in [4.69, 9.17) is 0 Å². The lowest BCUT2D eigenvalue weighted by molar-refractivity contribution is 0.232. The lowest BCUT2D eigenvalue weighted by atomic mass is 9.99. The number of aliphatic hydroxyl groups excluding tert-OH is 1.